The molecule has 0 spiro atoms. The van der Waals surface area contributed by atoms with Crippen molar-refractivity contribution < 1.29 is 0 Å². The first-order valence-corrected chi connectivity index (χ1v) is 7.41. The van der Waals surface area contributed by atoms with E-state index in [4.69, 9.17) is 5.73 Å². The highest BCUT2D eigenvalue weighted by molar-refractivity contribution is 5.71. The molecule has 0 amide bonds. The van der Waals surface area contributed by atoms with Crippen LogP contribution in [0.15, 0.2) is 9.59 Å². The third kappa shape index (κ3) is 2.92. The molecule has 2 aromatic rings. The zero-order chi connectivity index (χ0) is 15.6. The molecule has 0 radical (unpaired) electrons. The van der Waals surface area contributed by atoms with E-state index >= 15 is 0 Å². The molecule has 7 heteroatoms. The molecule has 0 atom stereocenters. The number of hydrogen-bond donors (Lipinski definition) is 2. The van der Waals surface area contributed by atoms with Gasteiger partial charge in [0.1, 0.15) is 5.82 Å². The number of aromatic amines is 1. The summed E-state index contributed by atoms with van der Waals surface area (Å²) >= 11 is 0. The van der Waals surface area contributed by atoms with Crippen molar-refractivity contribution >= 4 is 11.2 Å². The molecule has 2 rings (SSSR count). The molecule has 21 heavy (non-hydrogen) atoms. The van der Waals surface area contributed by atoms with Crippen LogP contribution in [0.25, 0.3) is 11.2 Å². The summed E-state index contributed by atoms with van der Waals surface area (Å²) in [6.07, 6.45) is 1.50. The SMILES string of the molecule is CCn1c(CCCN)nc2c1c(=O)[nH]c(=O)n2CC(C)C. The largest absolute Gasteiger partial charge is 0.330 e. The van der Waals surface area contributed by atoms with Crippen LogP contribution < -0.4 is 17.0 Å². The fraction of sp³-hybridized carbons (Fsp3) is 0.643. The number of aromatic nitrogens is 4. The molecule has 3 N–H and O–H groups in total. The summed E-state index contributed by atoms with van der Waals surface area (Å²) in [5.41, 5.74) is 5.74. The third-order valence-corrected chi connectivity index (χ3v) is 3.43. The normalized spacial score (nSPS) is 11.7. The number of rotatable bonds is 6. The lowest BCUT2D eigenvalue weighted by atomic mass is 10.2. The highest BCUT2D eigenvalue weighted by Gasteiger charge is 2.17. The Morgan fingerprint density at radius 1 is 1.29 bits per heavy atom. The Kier molecular flexibility index (Phi) is 4.62. The van der Waals surface area contributed by atoms with Crippen molar-refractivity contribution in [2.24, 2.45) is 11.7 Å². The zero-order valence-electron chi connectivity index (χ0n) is 12.8. The average molecular weight is 293 g/mol. The van der Waals surface area contributed by atoms with Crippen molar-refractivity contribution in [3.8, 4) is 0 Å². The van der Waals surface area contributed by atoms with E-state index in [0.29, 0.717) is 37.2 Å². The summed E-state index contributed by atoms with van der Waals surface area (Å²) in [4.78, 5) is 31.1. The Morgan fingerprint density at radius 3 is 2.57 bits per heavy atom. The fourth-order valence-corrected chi connectivity index (χ4v) is 2.54. The maximum atomic E-state index is 12.1. The van der Waals surface area contributed by atoms with Gasteiger partial charge in [0.2, 0.25) is 0 Å². The van der Waals surface area contributed by atoms with E-state index in [1.165, 1.54) is 0 Å². The van der Waals surface area contributed by atoms with Crippen LogP contribution in [0, 0.1) is 5.92 Å². The quantitative estimate of drug-likeness (QED) is 0.808. The number of H-pyrrole nitrogens is 1. The van der Waals surface area contributed by atoms with Crippen LogP contribution in [0.3, 0.4) is 0 Å². The van der Waals surface area contributed by atoms with Crippen LogP contribution in [0.1, 0.15) is 33.0 Å². The predicted octanol–water partition coefficient (Wildman–Crippen LogP) is 0.454. The monoisotopic (exact) mass is 293 g/mol. The van der Waals surface area contributed by atoms with Gasteiger partial charge < -0.3 is 10.3 Å². The Hall–Kier alpha value is -1.89. The lowest BCUT2D eigenvalue weighted by Crippen LogP contribution is -2.32. The molecule has 0 aliphatic carbocycles. The van der Waals surface area contributed by atoms with E-state index in [1.54, 1.807) is 4.57 Å². The summed E-state index contributed by atoms with van der Waals surface area (Å²) in [7, 11) is 0. The molecule has 2 heterocycles. The van der Waals surface area contributed by atoms with Gasteiger partial charge in [0.05, 0.1) is 0 Å². The first kappa shape index (κ1) is 15.5. The fourth-order valence-electron chi connectivity index (χ4n) is 2.54. The topological polar surface area (TPSA) is 98.7 Å². The Balaban J connectivity index is 2.73. The first-order chi connectivity index (χ1) is 9.99. The first-order valence-electron chi connectivity index (χ1n) is 7.41. The molecular weight excluding hydrogens is 270 g/mol. The maximum Gasteiger partial charge on any atom is 0.330 e. The third-order valence-electron chi connectivity index (χ3n) is 3.43. The number of hydrogen-bond acceptors (Lipinski definition) is 4. The second-order valence-electron chi connectivity index (χ2n) is 5.60. The van der Waals surface area contributed by atoms with E-state index in [1.807, 2.05) is 25.3 Å². The van der Waals surface area contributed by atoms with E-state index in [2.05, 4.69) is 9.97 Å². The van der Waals surface area contributed by atoms with Gasteiger partial charge in [-0.15, -0.1) is 0 Å². The summed E-state index contributed by atoms with van der Waals surface area (Å²) in [6, 6.07) is 0. The number of fused-ring (bicyclic) bond motifs is 1. The minimum absolute atomic E-state index is 0.288. The Bertz CT molecular complexity index is 738. The second kappa shape index (κ2) is 6.26. The van der Waals surface area contributed by atoms with Crippen LogP contribution in [-0.2, 0) is 19.5 Å². The van der Waals surface area contributed by atoms with E-state index in [-0.39, 0.29) is 11.5 Å². The molecule has 7 nitrogen and oxygen atoms in total. The van der Waals surface area contributed by atoms with Gasteiger partial charge in [-0.2, -0.15) is 0 Å². The molecule has 0 bridgehead atoms. The smallest absolute Gasteiger partial charge is 0.330 e. The molecular formula is C14H23N5O2. The van der Waals surface area contributed by atoms with Crippen LogP contribution in [0.2, 0.25) is 0 Å². The molecule has 0 saturated heterocycles. The second-order valence-corrected chi connectivity index (χ2v) is 5.60. The minimum Gasteiger partial charge on any atom is -0.330 e. The van der Waals surface area contributed by atoms with Crippen molar-refractivity contribution in [3.05, 3.63) is 26.7 Å². The lowest BCUT2D eigenvalue weighted by molar-refractivity contribution is 0.513. The molecule has 116 valence electrons. The minimum atomic E-state index is -0.396. The summed E-state index contributed by atoms with van der Waals surface area (Å²) in [5, 5.41) is 0. The van der Waals surface area contributed by atoms with Crippen LogP contribution in [0.5, 0.6) is 0 Å². The molecule has 0 aromatic carbocycles. The molecule has 0 saturated carbocycles. The zero-order valence-corrected chi connectivity index (χ0v) is 12.8. The van der Waals surface area contributed by atoms with Gasteiger partial charge in [-0.25, -0.2) is 9.78 Å². The van der Waals surface area contributed by atoms with Crippen LogP contribution in [0.4, 0.5) is 0 Å². The Labute approximate surface area is 122 Å². The molecule has 0 aliphatic heterocycles. The van der Waals surface area contributed by atoms with Gasteiger partial charge in [0.15, 0.2) is 11.2 Å². The average Bonchev–Trinajstić information content (AvgIpc) is 2.79. The highest BCUT2D eigenvalue weighted by atomic mass is 16.2. The Morgan fingerprint density at radius 2 is 2.00 bits per heavy atom. The van der Waals surface area contributed by atoms with Crippen molar-refractivity contribution in [3.63, 3.8) is 0 Å². The van der Waals surface area contributed by atoms with Gasteiger partial charge in [-0.1, -0.05) is 13.8 Å². The van der Waals surface area contributed by atoms with Crippen LogP contribution in [-0.4, -0.2) is 25.6 Å². The summed E-state index contributed by atoms with van der Waals surface area (Å²) in [6.45, 7) is 7.75. The molecule has 0 aliphatic rings. The van der Waals surface area contributed by atoms with Crippen LogP contribution >= 0.6 is 0 Å². The van der Waals surface area contributed by atoms with Gasteiger partial charge in [0.25, 0.3) is 5.56 Å². The summed E-state index contributed by atoms with van der Waals surface area (Å²) in [5.74, 6) is 1.10. The van der Waals surface area contributed by atoms with Crippen molar-refractivity contribution in [2.45, 2.75) is 46.7 Å². The van der Waals surface area contributed by atoms with Gasteiger partial charge in [0, 0.05) is 19.5 Å². The van der Waals surface area contributed by atoms with Gasteiger partial charge >= 0.3 is 5.69 Å². The number of nitrogens with zero attached hydrogens (tertiary/aromatic N) is 3. The molecule has 0 unspecified atom stereocenters. The van der Waals surface area contributed by atoms with Crippen molar-refractivity contribution in [2.75, 3.05) is 6.54 Å². The highest BCUT2D eigenvalue weighted by Crippen LogP contribution is 2.13. The van der Waals surface area contributed by atoms with Crippen molar-refractivity contribution in [1.29, 1.82) is 0 Å². The maximum absolute atomic E-state index is 12.1. The lowest BCUT2D eigenvalue weighted by Gasteiger charge is -2.08. The summed E-state index contributed by atoms with van der Waals surface area (Å²) < 4.78 is 3.43. The number of aryl methyl sites for hydroxylation is 2. The number of nitrogens with two attached hydrogens (primary N) is 1. The predicted molar refractivity (Wildman–Crippen MR) is 82.5 cm³/mol. The standard InChI is InChI=1S/C14H23N5O2/c1-4-18-10(6-5-7-15)16-12-11(18)13(20)17-14(21)19(12)8-9(2)3/h9H,4-8,15H2,1-3H3,(H,17,20,21). The van der Waals surface area contributed by atoms with Gasteiger partial charge in [-0.05, 0) is 25.8 Å². The molecule has 0 fully saturated rings. The van der Waals surface area contributed by atoms with E-state index < -0.39 is 5.69 Å². The van der Waals surface area contributed by atoms with E-state index in [9.17, 15) is 9.59 Å². The number of nitrogens with one attached hydrogen (secondary N) is 1. The van der Waals surface area contributed by atoms with Gasteiger partial charge in [-0.3, -0.25) is 14.3 Å². The van der Waals surface area contributed by atoms with E-state index in [0.717, 1.165) is 12.2 Å². The molecule has 2 aromatic heterocycles. The van der Waals surface area contributed by atoms with Crippen molar-refractivity contribution in [1.82, 2.24) is 19.1 Å². The number of imidazole rings is 1.